The van der Waals surface area contributed by atoms with Crippen molar-refractivity contribution in [1.29, 1.82) is 0 Å². The number of carbonyl (C=O) groups is 3. The first kappa shape index (κ1) is 41.7. The standard InChI is InChI=1S/C36H56N4O7S2/c1-10-11-12-13-14-24-48-29-19-17-28(18-20-29)38-32(41)30-25-27(16-21-31(30)39(8)49(9,44)45)26-40(34(43)47-36(5,6)7)23-15-22-37-33(42)46-35(2,3)4/h16-21,25H,10-15,22-24,26H2,1-9H3,(H,37,42)(H,38,41). The summed E-state index contributed by atoms with van der Waals surface area (Å²) in [6.45, 7) is 13.4. The third kappa shape index (κ3) is 16.2. The van der Waals surface area contributed by atoms with Crippen LogP contribution in [-0.4, -0.2) is 74.8 Å². The first-order valence-electron chi connectivity index (χ1n) is 16.8. The number of thioether (sulfide) groups is 1. The van der Waals surface area contributed by atoms with E-state index in [1.54, 1.807) is 71.5 Å². The Kier molecular flexibility index (Phi) is 16.2. The van der Waals surface area contributed by atoms with E-state index in [1.807, 2.05) is 24.3 Å². The monoisotopic (exact) mass is 720 g/mol. The van der Waals surface area contributed by atoms with Gasteiger partial charge in [0, 0.05) is 37.3 Å². The van der Waals surface area contributed by atoms with Gasteiger partial charge in [-0.25, -0.2) is 18.0 Å². The van der Waals surface area contributed by atoms with E-state index < -0.39 is 39.3 Å². The highest BCUT2D eigenvalue weighted by Crippen LogP contribution is 2.27. The van der Waals surface area contributed by atoms with E-state index >= 15 is 0 Å². The van der Waals surface area contributed by atoms with Crippen LogP contribution in [0.2, 0.25) is 0 Å². The molecule has 0 unspecified atom stereocenters. The molecule has 0 spiro atoms. The molecule has 0 heterocycles. The van der Waals surface area contributed by atoms with Crippen molar-refractivity contribution in [2.24, 2.45) is 0 Å². The number of amides is 3. The molecule has 0 aromatic heterocycles. The van der Waals surface area contributed by atoms with Gasteiger partial charge in [-0.1, -0.05) is 38.7 Å². The molecule has 0 bridgehead atoms. The average Bonchev–Trinajstić information content (AvgIpc) is 2.98. The van der Waals surface area contributed by atoms with Gasteiger partial charge >= 0.3 is 12.2 Å². The number of nitrogens with one attached hydrogen (secondary N) is 2. The Morgan fingerprint density at radius 1 is 0.857 bits per heavy atom. The Labute approximate surface area is 297 Å². The van der Waals surface area contributed by atoms with Crippen molar-refractivity contribution in [3.05, 3.63) is 53.6 Å². The number of ether oxygens (including phenoxy) is 2. The zero-order valence-corrected chi connectivity index (χ0v) is 32.3. The van der Waals surface area contributed by atoms with Crippen LogP contribution in [0.4, 0.5) is 21.0 Å². The van der Waals surface area contributed by atoms with Crippen LogP contribution in [0.3, 0.4) is 0 Å². The van der Waals surface area contributed by atoms with Gasteiger partial charge in [-0.15, -0.1) is 11.8 Å². The Bertz CT molecular complexity index is 1480. The van der Waals surface area contributed by atoms with Gasteiger partial charge in [0.15, 0.2) is 0 Å². The van der Waals surface area contributed by atoms with Crippen molar-refractivity contribution in [3.8, 4) is 0 Å². The molecule has 0 aliphatic heterocycles. The maximum Gasteiger partial charge on any atom is 0.410 e. The van der Waals surface area contributed by atoms with Crippen molar-refractivity contribution < 1.29 is 32.3 Å². The zero-order chi connectivity index (χ0) is 36.8. The molecule has 2 rings (SSSR count). The molecule has 3 amide bonds. The lowest BCUT2D eigenvalue weighted by molar-refractivity contribution is 0.0231. The molecule has 13 heteroatoms. The van der Waals surface area contributed by atoms with Crippen molar-refractivity contribution in [3.63, 3.8) is 0 Å². The molecule has 0 atom stereocenters. The SMILES string of the molecule is CCCCCCCSc1ccc(NC(=O)c2cc(CN(CCCNC(=O)OC(C)(C)C)C(=O)OC(C)(C)C)ccc2N(C)S(C)(=O)=O)cc1. The second-order valence-corrected chi connectivity index (χ2v) is 17.2. The smallest absolute Gasteiger partial charge is 0.410 e. The lowest BCUT2D eigenvalue weighted by Gasteiger charge is -2.28. The minimum absolute atomic E-state index is 0.0782. The van der Waals surface area contributed by atoms with Gasteiger partial charge in [-0.2, -0.15) is 0 Å². The van der Waals surface area contributed by atoms with Crippen molar-refractivity contribution in [2.45, 2.75) is 110 Å². The maximum atomic E-state index is 13.7. The summed E-state index contributed by atoms with van der Waals surface area (Å²) in [5.74, 6) is 0.540. The number of hydrogen-bond donors (Lipinski definition) is 2. The second-order valence-electron chi connectivity index (χ2n) is 14.0. The molecule has 49 heavy (non-hydrogen) atoms. The fourth-order valence-electron chi connectivity index (χ4n) is 4.60. The summed E-state index contributed by atoms with van der Waals surface area (Å²) < 4.78 is 37.0. The molecule has 0 radical (unpaired) electrons. The average molecular weight is 721 g/mol. The number of carbonyl (C=O) groups excluding carboxylic acids is 3. The van der Waals surface area contributed by atoms with Gasteiger partial charge in [0.2, 0.25) is 10.0 Å². The summed E-state index contributed by atoms with van der Waals surface area (Å²) in [4.78, 5) is 41.6. The molecule has 274 valence electrons. The summed E-state index contributed by atoms with van der Waals surface area (Å²) >= 11 is 1.78. The van der Waals surface area contributed by atoms with Crippen molar-refractivity contribution >= 4 is 51.3 Å². The van der Waals surface area contributed by atoms with Gasteiger partial charge in [0.25, 0.3) is 5.91 Å². The molecular formula is C36H56N4O7S2. The number of rotatable bonds is 17. The number of hydrogen-bond acceptors (Lipinski definition) is 8. The van der Waals surface area contributed by atoms with Crippen LogP contribution in [0.5, 0.6) is 0 Å². The number of nitrogens with zero attached hydrogens (tertiary/aromatic N) is 2. The predicted octanol–water partition coefficient (Wildman–Crippen LogP) is 8.05. The van der Waals surface area contributed by atoms with Crippen molar-refractivity contribution in [2.75, 3.05) is 41.8 Å². The molecule has 2 aromatic rings. The summed E-state index contributed by atoms with van der Waals surface area (Å²) in [6, 6.07) is 12.4. The van der Waals surface area contributed by atoms with E-state index in [0.717, 1.165) is 27.6 Å². The highest BCUT2D eigenvalue weighted by molar-refractivity contribution is 7.99. The number of unbranched alkanes of at least 4 members (excludes halogenated alkanes) is 4. The van der Waals surface area contributed by atoms with Crippen LogP contribution in [0.1, 0.15) is 103 Å². The molecular weight excluding hydrogens is 665 g/mol. The highest BCUT2D eigenvalue weighted by Gasteiger charge is 2.25. The lowest BCUT2D eigenvalue weighted by Crippen LogP contribution is -2.39. The fraction of sp³-hybridized carbons (Fsp3) is 0.583. The van der Waals surface area contributed by atoms with E-state index in [2.05, 4.69) is 17.6 Å². The van der Waals surface area contributed by atoms with Crippen LogP contribution in [0.25, 0.3) is 0 Å². The Morgan fingerprint density at radius 3 is 2.08 bits per heavy atom. The van der Waals surface area contributed by atoms with E-state index in [9.17, 15) is 22.8 Å². The summed E-state index contributed by atoms with van der Waals surface area (Å²) in [6.07, 6.45) is 6.48. The largest absolute Gasteiger partial charge is 0.444 e. The number of sulfonamides is 1. The Hall–Kier alpha value is -3.45. The first-order valence-corrected chi connectivity index (χ1v) is 19.7. The minimum Gasteiger partial charge on any atom is -0.444 e. The van der Waals surface area contributed by atoms with Gasteiger partial charge in [0.1, 0.15) is 11.2 Å². The van der Waals surface area contributed by atoms with Gasteiger partial charge in [-0.05, 0) is 102 Å². The maximum absolute atomic E-state index is 13.7. The Morgan fingerprint density at radius 2 is 1.49 bits per heavy atom. The van der Waals surface area contributed by atoms with Crippen LogP contribution in [0.15, 0.2) is 47.4 Å². The minimum atomic E-state index is -3.69. The lowest BCUT2D eigenvalue weighted by atomic mass is 10.1. The molecule has 2 N–H and O–H groups in total. The summed E-state index contributed by atoms with van der Waals surface area (Å²) in [5, 5.41) is 5.59. The van der Waals surface area contributed by atoms with E-state index in [1.165, 1.54) is 37.6 Å². The third-order valence-electron chi connectivity index (χ3n) is 7.07. The predicted molar refractivity (Wildman–Crippen MR) is 199 cm³/mol. The number of benzene rings is 2. The summed E-state index contributed by atoms with van der Waals surface area (Å²) in [7, 11) is -2.30. The summed E-state index contributed by atoms with van der Waals surface area (Å²) in [5.41, 5.74) is 0.107. The molecule has 0 saturated heterocycles. The van der Waals surface area contributed by atoms with E-state index in [-0.39, 0.29) is 30.9 Å². The van der Waals surface area contributed by atoms with Crippen LogP contribution in [-0.2, 0) is 26.0 Å². The highest BCUT2D eigenvalue weighted by atomic mass is 32.2. The topological polar surface area (TPSA) is 134 Å². The van der Waals surface area contributed by atoms with Crippen LogP contribution >= 0.6 is 11.8 Å². The molecule has 2 aromatic carbocycles. The van der Waals surface area contributed by atoms with Crippen LogP contribution in [0, 0.1) is 0 Å². The van der Waals surface area contributed by atoms with Gasteiger partial charge in [0.05, 0.1) is 17.5 Å². The number of anilines is 2. The van der Waals surface area contributed by atoms with Gasteiger partial charge < -0.3 is 25.0 Å². The van der Waals surface area contributed by atoms with Gasteiger partial charge in [-0.3, -0.25) is 9.10 Å². The molecule has 0 aliphatic carbocycles. The fourth-order valence-corrected chi connectivity index (χ4v) is 6.03. The van der Waals surface area contributed by atoms with Crippen LogP contribution < -0.4 is 14.9 Å². The van der Waals surface area contributed by atoms with Crippen molar-refractivity contribution in [1.82, 2.24) is 10.2 Å². The quantitative estimate of drug-likeness (QED) is 0.124. The number of alkyl carbamates (subject to hydrolysis) is 1. The van der Waals surface area contributed by atoms with E-state index in [0.29, 0.717) is 17.7 Å². The molecule has 0 fully saturated rings. The van der Waals surface area contributed by atoms with E-state index in [4.69, 9.17) is 9.47 Å². The third-order valence-corrected chi connectivity index (χ3v) is 9.36. The second kappa shape index (κ2) is 19.1. The molecule has 0 aliphatic rings. The Balaban J connectivity index is 2.26. The first-order chi connectivity index (χ1) is 22.8. The molecule has 11 nitrogen and oxygen atoms in total. The zero-order valence-electron chi connectivity index (χ0n) is 30.7. The normalized spacial score (nSPS) is 11.9. The molecule has 0 saturated carbocycles.